The van der Waals surface area contributed by atoms with Crippen molar-refractivity contribution in [1.82, 2.24) is 9.62 Å². The van der Waals surface area contributed by atoms with Crippen LogP contribution in [0.4, 0.5) is 4.39 Å². The molecule has 9 heteroatoms. The van der Waals surface area contributed by atoms with Crippen molar-refractivity contribution in [1.29, 1.82) is 0 Å². The number of carbonyl (C=O) groups is 1. The van der Waals surface area contributed by atoms with Crippen LogP contribution in [0.5, 0.6) is 0 Å². The maximum absolute atomic E-state index is 14.2. The van der Waals surface area contributed by atoms with E-state index >= 15 is 0 Å². The van der Waals surface area contributed by atoms with E-state index in [9.17, 15) is 17.6 Å². The van der Waals surface area contributed by atoms with Crippen LogP contribution in [0.25, 0.3) is 0 Å². The smallest absolute Gasteiger partial charge is 0.243 e. The Morgan fingerprint density at radius 1 is 1.16 bits per heavy atom. The maximum atomic E-state index is 14.2. The van der Waals surface area contributed by atoms with E-state index in [1.165, 1.54) is 16.4 Å². The van der Waals surface area contributed by atoms with E-state index in [-0.39, 0.29) is 27.7 Å². The quantitative estimate of drug-likeness (QED) is 0.427. The van der Waals surface area contributed by atoms with E-state index < -0.39 is 33.0 Å². The second-order valence-corrected chi connectivity index (χ2v) is 13.7. The number of unbranched alkanes of at least 4 members (excludes halogenated alkanes) is 1. The van der Waals surface area contributed by atoms with Crippen LogP contribution in [0.2, 0.25) is 5.02 Å². The Hall–Kier alpha value is -2.29. The predicted octanol–water partition coefficient (Wildman–Crippen LogP) is 5.50. The third-order valence-corrected chi connectivity index (χ3v) is 10.4. The number of hydrogen-bond acceptors (Lipinski definition) is 5. The highest BCUT2D eigenvalue weighted by Gasteiger charge is 2.75. The summed E-state index contributed by atoms with van der Waals surface area (Å²) in [6, 6.07) is 12.3. The number of halogens is 2. The third-order valence-electron chi connectivity index (χ3n) is 8.14. The predicted molar refractivity (Wildman–Crippen MR) is 143 cm³/mol. The van der Waals surface area contributed by atoms with Crippen LogP contribution in [0.3, 0.4) is 0 Å². The maximum Gasteiger partial charge on any atom is 0.243 e. The minimum Gasteiger partial charge on any atom is -0.366 e. The molecule has 2 bridgehead atoms. The van der Waals surface area contributed by atoms with E-state index in [4.69, 9.17) is 16.6 Å². The zero-order chi connectivity index (χ0) is 26.6. The highest BCUT2D eigenvalue weighted by Crippen LogP contribution is 2.71. The molecule has 2 aromatic carbocycles. The van der Waals surface area contributed by atoms with Gasteiger partial charge < -0.3 is 5.32 Å². The number of sulfonamides is 1. The van der Waals surface area contributed by atoms with Gasteiger partial charge >= 0.3 is 0 Å². The zero-order valence-electron chi connectivity index (χ0n) is 21.4. The van der Waals surface area contributed by atoms with Gasteiger partial charge in [0.25, 0.3) is 0 Å². The van der Waals surface area contributed by atoms with Gasteiger partial charge in [0, 0.05) is 23.9 Å². The molecule has 3 saturated carbocycles. The summed E-state index contributed by atoms with van der Waals surface area (Å²) in [5.74, 6) is 0.397. The molecule has 37 heavy (non-hydrogen) atoms. The molecule has 3 aliphatic carbocycles. The van der Waals surface area contributed by atoms with Gasteiger partial charge in [-0.05, 0) is 69.4 Å². The lowest BCUT2D eigenvalue weighted by Gasteiger charge is -2.73. The van der Waals surface area contributed by atoms with E-state index in [1.54, 1.807) is 36.4 Å². The summed E-state index contributed by atoms with van der Waals surface area (Å²) in [5.41, 5.74) is -0.769. The third kappa shape index (κ3) is 4.41. The van der Waals surface area contributed by atoms with Crippen molar-refractivity contribution in [3.8, 4) is 0 Å². The lowest BCUT2D eigenvalue weighted by molar-refractivity contribution is -0.151. The van der Waals surface area contributed by atoms with Gasteiger partial charge in [-0.3, -0.25) is 9.79 Å². The molecule has 3 fully saturated rings. The first-order valence-corrected chi connectivity index (χ1v) is 14.7. The fraction of sp³-hybridized carbons (Fsp3) is 0.500. The van der Waals surface area contributed by atoms with Crippen LogP contribution in [0, 0.1) is 11.2 Å². The monoisotopic (exact) mass is 545 g/mol. The first-order chi connectivity index (χ1) is 17.4. The molecule has 0 saturated heterocycles. The Balaban J connectivity index is 1.41. The molecule has 2 aromatic rings. The molecule has 1 heterocycles. The van der Waals surface area contributed by atoms with Gasteiger partial charge in [-0.2, -0.15) is 4.31 Å². The summed E-state index contributed by atoms with van der Waals surface area (Å²) in [6.45, 7) is 6.11. The summed E-state index contributed by atoms with van der Waals surface area (Å²) in [7, 11) is -3.85. The van der Waals surface area contributed by atoms with Crippen LogP contribution >= 0.6 is 11.6 Å². The van der Waals surface area contributed by atoms with Gasteiger partial charge in [0.05, 0.1) is 15.5 Å². The van der Waals surface area contributed by atoms with Crippen LogP contribution in [-0.2, 0) is 21.4 Å². The molecule has 4 aliphatic rings. The van der Waals surface area contributed by atoms with E-state index in [0.29, 0.717) is 31.2 Å². The molecule has 0 spiro atoms. The van der Waals surface area contributed by atoms with Crippen molar-refractivity contribution in [3.63, 3.8) is 0 Å². The molecule has 0 amide bonds. The van der Waals surface area contributed by atoms with Crippen molar-refractivity contribution in [2.24, 2.45) is 10.4 Å². The van der Waals surface area contributed by atoms with E-state index in [0.717, 1.165) is 18.7 Å². The number of nitrogens with zero attached hydrogens (tertiary/aromatic N) is 2. The lowest BCUT2D eigenvalue weighted by Crippen LogP contribution is -2.78. The molecular weight excluding hydrogens is 513 g/mol. The molecule has 1 atom stereocenters. The van der Waals surface area contributed by atoms with Gasteiger partial charge in [0.2, 0.25) is 10.0 Å². The molecule has 0 aromatic heterocycles. The topological polar surface area (TPSA) is 78.8 Å². The Morgan fingerprint density at radius 3 is 2.46 bits per heavy atom. The minimum atomic E-state index is -3.85. The SMILES string of the molecule is CCCCC(=O)[C@@H]1N=C(C23CC(N(Cc4ccc(Cl)c(F)c4)S(=O)(=O)c4ccccc4)(C2)C3)NC1(C)C. The minimum absolute atomic E-state index is 0.00153. The van der Waals surface area contributed by atoms with Gasteiger partial charge in [-0.1, -0.05) is 49.2 Å². The number of carbonyl (C=O) groups excluding carboxylic acids is 1. The fourth-order valence-electron chi connectivity index (χ4n) is 6.21. The number of ketones is 1. The van der Waals surface area contributed by atoms with Gasteiger partial charge in [0.1, 0.15) is 17.7 Å². The highest BCUT2D eigenvalue weighted by atomic mass is 35.5. The summed E-state index contributed by atoms with van der Waals surface area (Å²) in [5, 5.41) is 3.51. The number of hydrogen-bond donors (Lipinski definition) is 1. The largest absolute Gasteiger partial charge is 0.366 e. The first kappa shape index (κ1) is 26.3. The Labute approximate surface area is 223 Å². The zero-order valence-corrected chi connectivity index (χ0v) is 23.0. The molecule has 0 radical (unpaired) electrons. The molecule has 1 aliphatic heterocycles. The number of benzene rings is 2. The summed E-state index contributed by atoms with van der Waals surface area (Å²) < 4.78 is 43.4. The lowest BCUT2D eigenvalue weighted by atomic mass is 9.38. The van der Waals surface area contributed by atoms with Crippen LogP contribution in [-0.4, -0.2) is 41.5 Å². The van der Waals surface area contributed by atoms with Gasteiger partial charge in [-0.15, -0.1) is 0 Å². The number of Topliss-reactive ketones (excluding diaryl/α,β-unsaturated/α-hetero) is 1. The average molecular weight is 546 g/mol. The van der Waals surface area contributed by atoms with Gasteiger partial charge in [-0.25, -0.2) is 12.8 Å². The molecule has 1 N–H and O–H groups in total. The van der Waals surface area contributed by atoms with Crippen molar-refractivity contribution in [3.05, 3.63) is 64.9 Å². The Bertz CT molecular complexity index is 1340. The Morgan fingerprint density at radius 2 is 1.84 bits per heavy atom. The molecular formula is C28H33ClFN3O3S. The number of amidine groups is 1. The second kappa shape index (κ2) is 9.17. The van der Waals surface area contributed by atoms with E-state index in [2.05, 4.69) is 12.2 Å². The number of nitrogens with one attached hydrogen (secondary N) is 1. The molecule has 6 rings (SSSR count). The van der Waals surface area contributed by atoms with Crippen LogP contribution in [0.1, 0.15) is 64.9 Å². The summed E-state index contributed by atoms with van der Waals surface area (Å²) in [6.07, 6.45) is 4.15. The second-order valence-electron chi connectivity index (χ2n) is 11.4. The van der Waals surface area contributed by atoms with Gasteiger partial charge in [0.15, 0.2) is 5.78 Å². The first-order valence-electron chi connectivity index (χ1n) is 12.8. The van der Waals surface area contributed by atoms with Crippen molar-refractivity contribution in [2.45, 2.75) is 87.9 Å². The van der Waals surface area contributed by atoms with Crippen molar-refractivity contribution >= 4 is 33.2 Å². The molecule has 198 valence electrons. The molecule has 0 unspecified atom stereocenters. The number of aliphatic imine (C=N–C) groups is 1. The Kier molecular flexibility index (Phi) is 6.52. The van der Waals surface area contributed by atoms with Crippen LogP contribution < -0.4 is 5.32 Å². The van der Waals surface area contributed by atoms with E-state index in [1.807, 2.05) is 13.8 Å². The van der Waals surface area contributed by atoms with Crippen LogP contribution in [0.15, 0.2) is 58.4 Å². The normalized spacial score (nSPS) is 27.7. The standard InChI is InChI=1S/C28H33ClFN3O3S/c1-4-5-11-23(34)24-26(2,3)32-25(31-24)27-16-28(17-27,18-27)33(15-19-12-13-21(29)22(30)14-19)37(35,36)20-9-7-6-8-10-20/h6-10,12-14,24H,4-5,11,15-18H2,1-3H3,(H,31,32)/t24-,27?,28?/m0/s1. The highest BCUT2D eigenvalue weighted by molar-refractivity contribution is 7.89. The number of rotatable bonds is 10. The van der Waals surface area contributed by atoms with Crippen molar-refractivity contribution in [2.75, 3.05) is 0 Å². The molecule has 6 nitrogen and oxygen atoms in total. The summed E-state index contributed by atoms with van der Waals surface area (Å²) >= 11 is 5.86. The average Bonchev–Trinajstić information content (AvgIpc) is 3.12. The van der Waals surface area contributed by atoms with Crippen molar-refractivity contribution < 1.29 is 17.6 Å². The summed E-state index contributed by atoms with van der Waals surface area (Å²) in [4.78, 5) is 17.9. The fourth-order valence-corrected chi connectivity index (χ4v) is 8.10.